The molecule has 176 valence electrons. The number of aromatic nitrogens is 4. The molecule has 0 bridgehead atoms. The third-order valence-electron chi connectivity index (χ3n) is 5.59. The van der Waals surface area contributed by atoms with Crippen LogP contribution in [-0.2, 0) is 4.79 Å². The van der Waals surface area contributed by atoms with Crippen molar-refractivity contribution < 1.29 is 9.59 Å². The number of tetrazole rings is 1. The van der Waals surface area contributed by atoms with Gasteiger partial charge in [0.2, 0.25) is 5.91 Å². The van der Waals surface area contributed by atoms with E-state index in [1.54, 1.807) is 6.07 Å². The molecule has 8 nitrogen and oxygen atoms in total. The van der Waals surface area contributed by atoms with Gasteiger partial charge >= 0.3 is 0 Å². The maximum absolute atomic E-state index is 13.1. The number of anilines is 2. The zero-order chi connectivity index (χ0) is 24.2. The number of nitrogens with zero attached hydrogens (tertiary/aromatic N) is 4. The van der Waals surface area contributed by atoms with Crippen LogP contribution in [0.3, 0.4) is 0 Å². The lowest BCUT2D eigenvalue weighted by Gasteiger charge is -2.11. The van der Waals surface area contributed by atoms with Gasteiger partial charge in [-0.15, -0.1) is 16.9 Å². The standard InChI is InChI=1S/C26H24N6O2S/c1-17-9-11-19(12-10-17)27-24(33)16-35-23-8-3-2-7-22(23)26(34)28-20-6-4-5-18(15-20)25-29-30-31-32(25)21-13-14-21/h2-12,15,21H,13-14,16H2,1H3,(H,27,33)(H,28,34). The van der Waals surface area contributed by atoms with Gasteiger partial charge < -0.3 is 10.6 Å². The molecule has 4 aromatic rings. The number of hydrogen-bond acceptors (Lipinski definition) is 6. The molecule has 9 heteroatoms. The summed E-state index contributed by atoms with van der Waals surface area (Å²) in [6.07, 6.45) is 2.15. The molecule has 0 saturated heterocycles. The monoisotopic (exact) mass is 484 g/mol. The van der Waals surface area contributed by atoms with Crippen molar-refractivity contribution in [2.75, 3.05) is 16.4 Å². The Balaban J connectivity index is 1.25. The normalized spacial score (nSPS) is 12.8. The van der Waals surface area contributed by atoms with Crippen LogP contribution in [0.4, 0.5) is 11.4 Å². The van der Waals surface area contributed by atoms with Crippen molar-refractivity contribution in [3.63, 3.8) is 0 Å². The maximum Gasteiger partial charge on any atom is 0.256 e. The number of aryl methyl sites for hydroxylation is 1. The summed E-state index contributed by atoms with van der Waals surface area (Å²) in [4.78, 5) is 26.3. The van der Waals surface area contributed by atoms with E-state index in [1.165, 1.54) is 11.8 Å². The van der Waals surface area contributed by atoms with E-state index in [1.807, 2.05) is 78.3 Å². The van der Waals surface area contributed by atoms with Crippen molar-refractivity contribution in [3.8, 4) is 11.4 Å². The zero-order valence-corrected chi connectivity index (χ0v) is 20.0. The Morgan fingerprint density at radius 2 is 1.77 bits per heavy atom. The zero-order valence-electron chi connectivity index (χ0n) is 19.1. The molecule has 35 heavy (non-hydrogen) atoms. The molecule has 3 aromatic carbocycles. The summed E-state index contributed by atoms with van der Waals surface area (Å²) in [5, 5.41) is 17.9. The molecule has 2 N–H and O–H groups in total. The largest absolute Gasteiger partial charge is 0.325 e. The van der Waals surface area contributed by atoms with Gasteiger partial charge in [0.15, 0.2) is 5.82 Å². The molecular formula is C26H24N6O2S. The van der Waals surface area contributed by atoms with Crippen molar-refractivity contribution in [1.29, 1.82) is 0 Å². The van der Waals surface area contributed by atoms with Crippen molar-refractivity contribution in [2.45, 2.75) is 30.7 Å². The highest BCUT2D eigenvalue weighted by Gasteiger charge is 2.28. The van der Waals surface area contributed by atoms with Crippen LogP contribution in [0.2, 0.25) is 0 Å². The number of rotatable bonds is 8. The minimum atomic E-state index is -0.244. The third-order valence-corrected chi connectivity index (χ3v) is 6.66. The van der Waals surface area contributed by atoms with Gasteiger partial charge in [-0.2, -0.15) is 0 Å². The number of benzene rings is 3. The van der Waals surface area contributed by atoms with E-state index in [0.29, 0.717) is 23.1 Å². The molecule has 0 radical (unpaired) electrons. The third kappa shape index (κ3) is 5.58. The molecule has 0 aliphatic heterocycles. The van der Waals surface area contributed by atoms with E-state index >= 15 is 0 Å². The number of hydrogen-bond donors (Lipinski definition) is 2. The lowest BCUT2D eigenvalue weighted by molar-refractivity contribution is -0.113. The van der Waals surface area contributed by atoms with Crippen LogP contribution < -0.4 is 10.6 Å². The number of amides is 2. The molecule has 2 amide bonds. The molecule has 0 spiro atoms. The smallest absolute Gasteiger partial charge is 0.256 e. The van der Waals surface area contributed by atoms with Crippen LogP contribution in [0, 0.1) is 6.92 Å². The molecule has 0 atom stereocenters. The Bertz CT molecular complexity index is 1360. The van der Waals surface area contributed by atoms with Gasteiger partial charge in [0.1, 0.15) is 0 Å². The summed E-state index contributed by atoms with van der Waals surface area (Å²) in [5.41, 5.74) is 3.88. The Hall–Kier alpha value is -3.98. The molecular weight excluding hydrogens is 460 g/mol. The predicted molar refractivity (Wildman–Crippen MR) is 136 cm³/mol. The van der Waals surface area contributed by atoms with E-state index in [2.05, 4.69) is 26.2 Å². The number of nitrogens with one attached hydrogen (secondary N) is 2. The van der Waals surface area contributed by atoms with Crippen LogP contribution in [0.1, 0.15) is 34.8 Å². The SMILES string of the molecule is Cc1ccc(NC(=O)CSc2ccccc2C(=O)Nc2cccc(-c3nnnn3C3CC3)c2)cc1. The first-order valence-electron chi connectivity index (χ1n) is 11.3. The first-order chi connectivity index (χ1) is 17.1. The van der Waals surface area contributed by atoms with E-state index in [4.69, 9.17) is 0 Å². The predicted octanol–water partition coefficient (Wildman–Crippen LogP) is 4.97. The number of carbonyl (C=O) groups excluding carboxylic acids is 2. The molecule has 5 rings (SSSR count). The Morgan fingerprint density at radius 1 is 0.971 bits per heavy atom. The van der Waals surface area contributed by atoms with Gasteiger partial charge in [-0.05, 0) is 66.6 Å². The number of thioether (sulfide) groups is 1. The minimum Gasteiger partial charge on any atom is -0.325 e. The summed E-state index contributed by atoms with van der Waals surface area (Å²) in [7, 11) is 0. The molecule has 1 saturated carbocycles. The van der Waals surface area contributed by atoms with Gasteiger partial charge in [0.05, 0.1) is 17.4 Å². The second-order valence-electron chi connectivity index (χ2n) is 8.41. The average Bonchev–Trinajstić information content (AvgIpc) is 3.60. The molecule has 1 aliphatic carbocycles. The van der Waals surface area contributed by atoms with Crippen LogP contribution in [0.15, 0.2) is 77.7 Å². The first-order valence-corrected chi connectivity index (χ1v) is 12.3. The van der Waals surface area contributed by atoms with Crippen LogP contribution in [-0.4, -0.2) is 37.8 Å². The van der Waals surface area contributed by atoms with Gasteiger partial charge in [-0.3, -0.25) is 9.59 Å². The van der Waals surface area contributed by atoms with Crippen molar-refractivity contribution in [1.82, 2.24) is 20.2 Å². The quantitative estimate of drug-likeness (QED) is 0.343. The highest BCUT2D eigenvalue weighted by Crippen LogP contribution is 2.37. The highest BCUT2D eigenvalue weighted by molar-refractivity contribution is 8.00. The first kappa shape index (κ1) is 22.8. The Kier molecular flexibility index (Phi) is 6.58. The topological polar surface area (TPSA) is 102 Å². The summed E-state index contributed by atoms with van der Waals surface area (Å²) in [6, 6.07) is 22.8. The minimum absolute atomic E-state index is 0.129. The molecule has 0 unspecified atom stereocenters. The second-order valence-corrected chi connectivity index (χ2v) is 9.43. The lowest BCUT2D eigenvalue weighted by atomic mass is 10.1. The van der Waals surface area contributed by atoms with Gasteiger partial charge in [0.25, 0.3) is 5.91 Å². The maximum atomic E-state index is 13.1. The van der Waals surface area contributed by atoms with Crippen molar-refractivity contribution >= 4 is 35.0 Å². The molecule has 1 aliphatic rings. The fraction of sp³-hybridized carbons (Fsp3) is 0.192. The Morgan fingerprint density at radius 3 is 2.57 bits per heavy atom. The summed E-state index contributed by atoms with van der Waals surface area (Å²) in [5.74, 6) is 0.512. The summed E-state index contributed by atoms with van der Waals surface area (Å²) < 4.78 is 1.84. The fourth-order valence-corrected chi connectivity index (χ4v) is 4.49. The molecule has 1 heterocycles. The van der Waals surface area contributed by atoms with Crippen LogP contribution >= 0.6 is 11.8 Å². The molecule has 1 aromatic heterocycles. The van der Waals surface area contributed by atoms with Crippen LogP contribution in [0.5, 0.6) is 0 Å². The highest BCUT2D eigenvalue weighted by atomic mass is 32.2. The summed E-state index contributed by atoms with van der Waals surface area (Å²) in [6.45, 7) is 2.00. The van der Waals surface area contributed by atoms with Gasteiger partial charge in [-0.25, -0.2) is 4.68 Å². The lowest BCUT2D eigenvalue weighted by Crippen LogP contribution is -2.16. The van der Waals surface area contributed by atoms with Crippen LogP contribution in [0.25, 0.3) is 11.4 Å². The van der Waals surface area contributed by atoms with Gasteiger partial charge in [-0.1, -0.05) is 42.0 Å². The molecule has 1 fully saturated rings. The van der Waals surface area contributed by atoms with Gasteiger partial charge in [0, 0.05) is 21.8 Å². The second kappa shape index (κ2) is 10.1. The van der Waals surface area contributed by atoms with E-state index in [-0.39, 0.29) is 17.6 Å². The van der Waals surface area contributed by atoms with E-state index < -0.39 is 0 Å². The van der Waals surface area contributed by atoms with E-state index in [0.717, 1.165) is 34.6 Å². The van der Waals surface area contributed by atoms with Crippen molar-refractivity contribution in [2.24, 2.45) is 0 Å². The van der Waals surface area contributed by atoms with E-state index in [9.17, 15) is 9.59 Å². The van der Waals surface area contributed by atoms with Crippen molar-refractivity contribution in [3.05, 3.63) is 83.9 Å². The Labute approximate surface area is 207 Å². The number of carbonyl (C=O) groups is 2. The summed E-state index contributed by atoms with van der Waals surface area (Å²) >= 11 is 1.33. The average molecular weight is 485 g/mol. The fourth-order valence-electron chi connectivity index (χ4n) is 3.64.